The summed E-state index contributed by atoms with van der Waals surface area (Å²) in [5, 5.41) is 10.6. The molecule has 80 valence electrons. The number of carboxylic acids is 1. The van der Waals surface area contributed by atoms with Crippen LogP contribution < -0.4 is 11.3 Å². The van der Waals surface area contributed by atoms with Gasteiger partial charge in [0.15, 0.2) is 0 Å². The monoisotopic (exact) mass is 222 g/mol. The summed E-state index contributed by atoms with van der Waals surface area (Å²) in [6.45, 7) is 1.57. The van der Waals surface area contributed by atoms with E-state index in [1.54, 1.807) is 6.92 Å². The number of rotatable bonds is 3. The molecule has 0 saturated heterocycles. The van der Waals surface area contributed by atoms with Crippen molar-refractivity contribution in [2.45, 2.75) is 19.4 Å². The van der Waals surface area contributed by atoms with Crippen LogP contribution in [0.1, 0.15) is 11.3 Å². The first-order valence-electron chi connectivity index (χ1n) is 3.67. The van der Waals surface area contributed by atoms with Crippen molar-refractivity contribution in [3.8, 4) is 0 Å². The molecular weight excluding hydrogens is 212 g/mol. The van der Waals surface area contributed by atoms with E-state index in [4.69, 9.17) is 10.8 Å². The van der Waals surface area contributed by atoms with E-state index in [-0.39, 0.29) is 24.4 Å². The summed E-state index contributed by atoms with van der Waals surface area (Å²) in [5.74, 6) is -0.762. The molecule has 0 bridgehead atoms. The number of hydrogen-bond donors (Lipinski definition) is 3. The summed E-state index contributed by atoms with van der Waals surface area (Å²) in [6, 6.07) is -1.07. The van der Waals surface area contributed by atoms with E-state index in [9.17, 15) is 9.59 Å². The van der Waals surface area contributed by atoms with Crippen LogP contribution in [0.3, 0.4) is 0 Å². The summed E-state index contributed by atoms with van der Waals surface area (Å²) in [5.41, 5.74) is 5.12. The normalized spacial score (nSPS) is 11.9. The molecule has 0 aliphatic rings. The molecule has 0 saturated carbocycles. The standard InChI is InChI=1S/C7H10N2O4.ClH/c1-3-4(6(10)9-13-3)2-5(8)7(11)12;/h5H,2,8H2,1H3,(H,9,10)(H,11,12);1H/t5-;/m0./s1. The van der Waals surface area contributed by atoms with Gasteiger partial charge < -0.3 is 15.4 Å². The molecule has 0 amide bonds. The van der Waals surface area contributed by atoms with E-state index < -0.39 is 17.6 Å². The third-order valence-electron chi connectivity index (χ3n) is 1.74. The number of H-pyrrole nitrogens is 1. The Hall–Kier alpha value is -1.27. The first-order chi connectivity index (χ1) is 6.02. The molecule has 1 atom stereocenters. The molecule has 6 nitrogen and oxygen atoms in total. The first-order valence-corrected chi connectivity index (χ1v) is 3.67. The summed E-state index contributed by atoms with van der Waals surface area (Å²) >= 11 is 0. The topological polar surface area (TPSA) is 109 Å². The van der Waals surface area contributed by atoms with Gasteiger partial charge in [-0.05, 0) is 6.92 Å². The lowest BCUT2D eigenvalue weighted by Gasteiger charge is -2.02. The van der Waals surface area contributed by atoms with Crippen molar-refractivity contribution < 1.29 is 14.4 Å². The van der Waals surface area contributed by atoms with Crippen LogP contribution in [-0.4, -0.2) is 22.3 Å². The molecule has 1 rings (SSSR count). The highest BCUT2D eigenvalue weighted by Gasteiger charge is 2.17. The number of aromatic amines is 1. The van der Waals surface area contributed by atoms with Gasteiger partial charge in [0.2, 0.25) is 0 Å². The average Bonchev–Trinajstić information content (AvgIpc) is 2.35. The van der Waals surface area contributed by atoms with Gasteiger partial charge in [0, 0.05) is 6.42 Å². The highest BCUT2D eigenvalue weighted by Crippen LogP contribution is 2.03. The van der Waals surface area contributed by atoms with Gasteiger partial charge >= 0.3 is 5.97 Å². The Morgan fingerprint density at radius 2 is 2.29 bits per heavy atom. The van der Waals surface area contributed by atoms with Crippen molar-refractivity contribution in [2.24, 2.45) is 5.73 Å². The maximum atomic E-state index is 11.0. The second kappa shape index (κ2) is 4.83. The Kier molecular flexibility index (Phi) is 4.39. The molecular formula is C7H11ClN2O4. The zero-order valence-corrected chi connectivity index (χ0v) is 8.26. The minimum atomic E-state index is -1.14. The van der Waals surface area contributed by atoms with Gasteiger partial charge in [-0.25, -0.2) is 0 Å². The van der Waals surface area contributed by atoms with Crippen molar-refractivity contribution >= 4 is 18.4 Å². The van der Waals surface area contributed by atoms with Gasteiger partial charge in [-0.1, -0.05) is 0 Å². The smallest absolute Gasteiger partial charge is 0.320 e. The number of carboxylic acid groups (broad SMARTS) is 1. The Labute approximate surface area is 85.5 Å². The largest absolute Gasteiger partial charge is 0.480 e. The fourth-order valence-electron chi connectivity index (χ4n) is 0.950. The van der Waals surface area contributed by atoms with Crippen LogP contribution in [0.5, 0.6) is 0 Å². The van der Waals surface area contributed by atoms with Gasteiger partial charge in [-0.3, -0.25) is 9.59 Å². The number of hydrogen-bond acceptors (Lipinski definition) is 4. The third kappa shape index (κ3) is 2.61. The highest BCUT2D eigenvalue weighted by molar-refractivity contribution is 5.85. The van der Waals surface area contributed by atoms with Crippen LogP contribution >= 0.6 is 12.4 Å². The minimum Gasteiger partial charge on any atom is -0.480 e. The Bertz CT molecular complexity index is 370. The molecule has 1 aromatic heterocycles. The second-order valence-electron chi connectivity index (χ2n) is 2.72. The number of aromatic nitrogens is 1. The van der Waals surface area contributed by atoms with Crippen molar-refractivity contribution in [2.75, 3.05) is 0 Å². The molecule has 0 aliphatic carbocycles. The summed E-state index contributed by atoms with van der Waals surface area (Å²) < 4.78 is 4.69. The molecule has 1 aromatic rings. The number of nitrogens with two attached hydrogens (primary N) is 1. The molecule has 4 N–H and O–H groups in total. The lowest BCUT2D eigenvalue weighted by atomic mass is 10.1. The second-order valence-corrected chi connectivity index (χ2v) is 2.72. The van der Waals surface area contributed by atoms with Crippen LogP contribution in [0.25, 0.3) is 0 Å². The quantitative estimate of drug-likeness (QED) is 0.648. The van der Waals surface area contributed by atoms with E-state index in [1.165, 1.54) is 0 Å². The maximum Gasteiger partial charge on any atom is 0.320 e. The van der Waals surface area contributed by atoms with Crippen LogP contribution in [-0.2, 0) is 11.2 Å². The number of halogens is 1. The van der Waals surface area contributed by atoms with Crippen molar-refractivity contribution in [3.63, 3.8) is 0 Å². The van der Waals surface area contributed by atoms with Crippen molar-refractivity contribution in [3.05, 3.63) is 21.7 Å². The molecule has 0 spiro atoms. The first kappa shape index (κ1) is 12.7. The fourth-order valence-corrected chi connectivity index (χ4v) is 0.950. The SMILES string of the molecule is Cc1o[nH]c(=O)c1C[C@H](N)C(=O)O.Cl. The van der Waals surface area contributed by atoms with Gasteiger partial charge in [0.25, 0.3) is 5.56 Å². The number of nitrogens with one attached hydrogen (secondary N) is 1. The van der Waals surface area contributed by atoms with E-state index >= 15 is 0 Å². The fraction of sp³-hybridized carbons (Fsp3) is 0.429. The molecule has 0 fully saturated rings. The molecule has 0 radical (unpaired) electrons. The van der Waals surface area contributed by atoms with Crippen LogP contribution in [0.2, 0.25) is 0 Å². The molecule has 1 heterocycles. The number of aryl methyl sites for hydroxylation is 1. The molecule has 0 aromatic carbocycles. The number of carbonyl (C=O) groups is 1. The summed E-state index contributed by atoms with van der Waals surface area (Å²) in [6.07, 6.45) is -0.0208. The molecule has 0 unspecified atom stereocenters. The van der Waals surface area contributed by atoms with Crippen LogP contribution in [0.15, 0.2) is 9.32 Å². The lowest BCUT2D eigenvalue weighted by molar-refractivity contribution is -0.138. The third-order valence-corrected chi connectivity index (χ3v) is 1.74. The van der Waals surface area contributed by atoms with Crippen LogP contribution in [0.4, 0.5) is 0 Å². The minimum absolute atomic E-state index is 0. The highest BCUT2D eigenvalue weighted by atomic mass is 35.5. The van der Waals surface area contributed by atoms with Gasteiger partial charge in [0.05, 0.1) is 5.56 Å². The van der Waals surface area contributed by atoms with E-state index in [0.717, 1.165) is 0 Å². The van der Waals surface area contributed by atoms with Gasteiger partial charge in [-0.15, -0.1) is 12.4 Å². The van der Waals surface area contributed by atoms with E-state index in [1.807, 2.05) is 0 Å². The van der Waals surface area contributed by atoms with Crippen molar-refractivity contribution in [1.29, 1.82) is 0 Å². The van der Waals surface area contributed by atoms with E-state index in [2.05, 4.69) is 9.68 Å². The van der Waals surface area contributed by atoms with E-state index in [0.29, 0.717) is 5.76 Å². The summed E-state index contributed by atoms with van der Waals surface area (Å²) in [7, 11) is 0. The Balaban J connectivity index is 0.00000169. The average molecular weight is 223 g/mol. The molecule has 7 heteroatoms. The predicted molar refractivity (Wildman–Crippen MR) is 50.6 cm³/mol. The lowest BCUT2D eigenvalue weighted by Crippen LogP contribution is -2.33. The molecule has 0 aliphatic heterocycles. The number of aliphatic carboxylic acids is 1. The molecule has 14 heavy (non-hydrogen) atoms. The maximum absolute atomic E-state index is 11.0. The zero-order chi connectivity index (χ0) is 10.0. The zero-order valence-electron chi connectivity index (χ0n) is 7.44. The van der Waals surface area contributed by atoms with Crippen molar-refractivity contribution in [1.82, 2.24) is 5.16 Å². The van der Waals surface area contributed by atoms with Gasteiger partial charge in [-0.2, -0.15) is 5.16 Å². The summed E-state index contributed by atoms with van der Waals surface area (Å²) in [4.78, 5) is 21.4. The van der Waals surface area contributed by atoms with Gasteiger partial charge in [0.1, 0.15) is 11.8 Å². The Morgan fingerprint density at radius 1 is 1.71 bits per heavy atom. The predicted octanol–water partition coefficient (Wildman–Crippen LogP) is -0.347. The van der Waals surface area contributed by atoms with Crippen LogP contribution in [0, 0.1) is 6.92 Å². The Morgan fingerprint density at radius 3 is 2.64 bits per heavy atom.